The first-order valence-electron chi connectivity index (χ1n) is 20.4. The van der Waals surface area contributed by atoms with Gasteiger partial charge in [0.1, 0.15) is 11.5 Å². The third-order valence-corrected chi connectivity index (χ3v) is 9.57. The van der Waals surface area contributed by atoms with Gasteiger partial charge in [-0.15, -0.1) is 0 Å². The van der Waals surface area contributed by atoms with Crippen molar-refractivity contribution in [3.8, 4) is 11.5 Å². The minimum absolute atomic E-state index is 0.796. The van der Waals surface area contributed by atoms with Gasteiger partial charge < -0.3 is 9.47 Å². The Kier molecular flexibility index (Phi) is 20.1. The minimum atomic E-state index is 0.796. The van der Waals surface area contributed by atoms with Gasteiger partial charge in [-0.1, -0.05) is 115 Å². The number of rotatable bonds is 27. The molecule has 4 nitrogen and oxygen atoms in total. The van der Waals surface area contributed by atoms with Crippen molar-refractivity contribution in [2.75, 3.05) is 13.2 Å². The lowest BCUT2D eigenvalue weighted by molar-refractivity contribution is 0.304. The highest BCUT2D eigenvalue weighted by Gasteiger charge is 2.00. The minimum Gasteiger partial charge on any atom is -0.494 e. The molecule has 4 heteroatoms. The molecule has 4 rings (SSSR count). The SMILES string of the molecule is CCCCCCCOc1ccc(C=Nc2ccc(CCCCCCCCc3ccc(N=Cc4ccc(OCCCCCCC)cc4)cc3)cc2)cc1. The number of hydrogen-bond donors (Lipinski definition) is 0. The molecule has 0 amide bonds. The van der Waals surface area contributed by atoms with Crippen LogP contribution in [0.15, 0.2) is 107 Å². The van der Waals surface area contributed by atoms with E-state index in [4.69, 9.17) is 9.47 Å². The molecule has 0 heterocycles. The zero-order valence-electron chi connectivity index (χ0n) is 32.2. The number of hydrogen-bond acceptors (Lipinski definition) is 4. The summed E-state index contributed by atoms with van der Waals surface area (Å²) in [6.45, 7) is 6.08. The van der Waals surface area contributed by atoms with E-state index in [1.165, 1.54) is 101 Å². The fourth-order valence-electron chi connectivity index (χ4n) is 6.25. The number of unbranched alkanes of at least 4 members (excludes halogenated alkanes) is 13. The summed E-state index contributed by atoms with van der Waals surface area (Å²) in [6.07, 6.45) is 26.4. The summed E-state index contributed by atoms with van der Waals surface area (Å²) in [7, 11) is 0. The molecule has 0 aliphatic rings. The molecule has 0 radical (unpaired) electrons. The summed E-state index contributed by atoms with van der Waals surface area (Å²) in [5.41, 5.74) is 6.96. The maximum Gasteiger partial charge on any atom is 0.119 e. The molecule has 0 bridgehead atoms. The standard InChI is InChI=1S/C48H64N2O2/c1-3-5-7-13-17-37-51-47-33-25-43(26-34-47)39-49-45-29-21-41(22-30-45)19-15-11-9-10-12-16-20-42-23-31-46(32-24-42)50-40-44-27-35-48(36-28-44)52-38-18-14-8-6-4-2/h21-36,39-40H,3-20,37-38H2,1-2H3. The van der Waals surface area contributed by atoms with E-state index in [0.717, 1.165) is 72.9 Å². The van der Waals surface area contributed by atoms with Gasteiger partial charge in [0.15, 0.2) is 0 Å². The van der Waals surface area contributed by atoms with Crippen LogP contribution in [0.25, 0.3) is 0 Å². The summed E-state index contributed by atoms with van der Waals surface area (Å²) in [5, 5.41) is 0. The Balaban J connectivity index is 1.02. The van der Waals surface area contributed by atoms with Crippen molar-refractivity contribution in [3.05, 3.63) is 119 Å². The number of ether oxygens (including phenoxy) is 2. The zero-order chi connectivity index (χ0) is 36.3. The quantitative estimate of drug-likeness (QED) is 0.0459. The van der Waals surface area contributed by atoms with Crippen LogP contribution in [-0.2, 0) is 12.8 Å². The number of benzene rings is 4. The van der Waals surface area contributed by atoms with Gasteiger partial charge in [0, 0.05) is 12.4 Å². The smallest absolute Gasteiger partial charge is 0.119 e. The lowest BCUT2D eigenvalue weighted by Crippen LogP contribution is -1.97. The van der Waals surface area contributed by atoms with Crippen LogP contribution in [0.4, 0.5) is 11.4 Å². The molecule has 0 spiro atoms. The Morgan fingerprint density at radius 2 is 0.731 bits per heavy atom. The second-order valence-electron chi connectivity index (χ2n) is 14.1. The largest absolute Gasteiger partial charge is 0.494 e. The van der Waals surface area contributed by atoms with Gasteiger partial charge in [0.05, 0.1) is 24.6 Å². The van der Waals surface area contributed by atoms with E-state index in [1.54, 1.807) is 0 Å². The van der Waals surface area contributed by atoms with Gasteiger partial charge in [0.25, 0.3) is 0 Å². The van der Waals surface area contributed by atoms with Crippen molar-refractivity contribution < 1.29 is 9.47 Å². The van der Waals surface area contributed by atoms with E-state index >= 15 is 0 Å². The monoisotopic (exact) mass is 700 g/mol. The molecule has 52 heavy (non-hydrogen) atoms. The number of aryl methyl sites for hydroxylation is 2. The molecule has 4 aromatic carbocycles. The van der Waals surface area contributed by atoms with Crippen LogP contribution in [-0.4, -0.2) is 25.6 Å². The first-order valence-corrected chi connectivity index (χ1v) is 20.4. The first kappa shape index (κ1) is 40.6. The highest BCUT2D eigenvalue weighted by atomic mass is 16.5. The number of nitrogens with zero attached hydrogens (tertiary/aromatic N) is 2. The van der Waals surface area contributed by atoms with Crippen LogP contribution in [0.3, 0.4) is 0 Å². The normalized spacial score (nSPS) is 11.5. The second kappa shape index (κ2) is 25.7. The van der Waals surface area contributed by atoms with E-state index in [-0.39, 0.29) is 0 Å². The highest BCUT2D eigenvalue weighted by molar-refractivity contribution is 5.82. The van der Waals surface area contributed by atoms with Gasteiger partial charge in [-0.05, 0) is 134 Å². The molecule has 0 aromatic heterocycles. The molecular weight excluding hydrogens is 637 g/mol. The highest BCUT2D eigenvalue weighted by Crippen LogP contribution is 2.19. The molecule has 0 N–H and O–H groups in total. The Hall–Kier alpha value is -4.18. The van der Waals surface area contributed by atoms with E-state index in [2.05, 4.69) is 96.6 Å². The van der Waals surface area contributed by atoms with Crippen molar-refractivity contribution in [2.24, 2.45) is 9.98 Å². The molecule has 0 atom stereocenters. The third-order valence-electron chi connectivity index (χ3n) is 9.57. The Morgan fingerprint density at radius 3 is 1.12 bits per heavy atom. The fraction of sp³-hybridized carbons (Fsp3) is 0.458. The Bertz CT molecular complexity index is 1400. The summed E-state index contributed by atoms with van der Waals surface area (Å²) in [5.74, 6) is 1.88. The van der Waals surface area contributed by atoms with Crippen LogP contribution < -0.4 is 9.47 Å². The van der Waals surface area contributed by atoms with Crippen molar-refractivity contribution >= 4 is 23.8 Å². The summed E-state index contributed by atoms with van der Waals surface area (Å²) in [4.78, 5) is 9.35. The van der Waals surface area contributed by atoms with Crippen LogP contribution in [0.5, 0.6) is 11.5 Å². The molecule has 0 aliphatic carbocycles. The zero-order valence-corrected chi connectivity index (χ0v) is 32.2. The molecule has 4 aromatic rings. The van der Waals surface area contributed by atoms with Crippen LogP contribution in [0.1, 0.15) is 139 Å². The topological polar surface area (TPSA) is 43.2 Å². The van der Waals surface area contributed by atoms with E-state index < -0.39 is 0 Å². The van der Waals surface area contributed by atoms with Crippen molar-refractivity contribution in [2.45, 2.75) is 129 Å². The third kappa shape index (κ3) is 17.4. The van der Waals surface area contributed by atoms with Gasteiger partial charge in [0.2, 0.25) is 0 Å². The lowest BCUT2D eigenvalue weighted by atomic mass is 10.0. The van der Waals surface area contributed by atoms with Gasteiger partial charge in [-0.3, -0.25) is 9.98 Å². The molecular formula is C48H64N2O2. The van der Waals surface area contributed by atoms with Crippen molar-refractivity contribution in [1.29, 1.82) is 0 Å². The van der Waals surface area contributed by atoms with E-state index in [0.29, 0.717) is 0 Å². The first-order chi connectivity index (χ1) is 25.7. The molecule has 0 saturated heterocycles. The van der Waals surface area contributed by atoms with Crippen LogP contribution >= 0.6 is 0 Å². The average molecular weight is 701 g/mol. The maximum atomic E-state index is 5.88. The number of aliphatic imine (C=N–C) groups is 2. The predicted molar refractivity (Wildman–Crippen MR) is 224 cm³/mol. The predicted octanol–water partition coefficient (Wildman–Crippen LogP) is 14.0. The summed E-state index contributed by atoms with van der Waals surface area (Å²) < 4.78 is 11.8. The van der Waals surface area contributed by atoms with Crippen molar-refractivity contribution in [3.63, 3.8) is 0 Å². The average Bonchev–Trinajstić information content (AvgIpc) is 3.19. The summed E-state index contributed by atoms with van der Waals surface area (Å²) in [6, 6.07) is 33.9. The maximum absolute atomic E-state index is 5.88. The molecule has 278 valence electrons. The van der Waals surface area contributed by atoms with Crippen LogP contribution in [0, 0.1) is 0 Å². The fourth-order valence-corrected chi connectivity index (χ4v) is 6.25. The lowest BCUT2D eigenvalue weighted by Gasteiger charge is -2.06. The molecule has 0 fully saturated rings. The van der Waals surface area contributed by atoms with Gasteiger partial charge in [-0.25, -0.2) is 0 Å². The molecule has 0 unspecified atom stereocenters. The Morgan fingerprint density at radius 1 is 0.385 bits per heavy atom. The van der Waals surface area contributed by atoms with E-state index in [9.17, 15) is 0 Å². The van der Waals surface area contributed by atoms with Gasteiger partial charge in [-0.2, -0.15) is 0 Å². The van der Waals surface area contributed by atoms with Crippen molar-refractivity contribution in [1.82, 2.24) is 0 Å². The summed E-state index contributed by atoms with van der Waals surface area (Å²) >= 11 is 0. The van der Waals surface area contributed by atoms with Crippen LogP contribution in [0.2, 0.25) is 0 Å². The molecule has 0 saturated carbocycles. The Labute approximate surface area is 315 Å². The second-order valence-corrected chi connectivity index (χ2v) is 14.1. The van der Waals surface area contributed by atoms with E-state index in [1.807, 2.05) is 36.7 Å². The van der Waals surface area contributed by atoms with Gasteiger partial charge >= 0.3 is 0 Å². The molecule has 0 aliphatic heterocycles.